The second kappa shape index (κ2) is 4.02. The Labute approximate surface area is 113 Å². The number of fused-ring (bicyclic) bond motifs is 2. The Kier molecular flexibility index (Phi) is 2.75. The van der Waals surface area contributed by atoms with E-state index in [1.54, 1.807) is 11.3 Å². The van der Waals surface area contributed by atoms with Crippen molar-refractivity contribution in [3.05, 3.63) is 20.3 Å². The van der Waals surface area contributed by atoms with Crippen molar-refractivity contribution in [3.8, 4) is 0 Å². The minimum absolute atomic E-state index is 0.133. The van der Waals surface area contributed by atoms with Crippen LogP contribution in [0.4, 0.5) is 0 Å². The second-order valence-corrected chi connectivity index (χ2v) is 6.94. The summed E-state index contributed by atoms with van der Waals surface area (Å²) in [6.45, 7) is 1.99. The molecule has 2 fully saturated rings. The van der Waals surface area contributed by atoms with Gasteiger partial charge in [0.05, 0.1) is 0 Å². The maximum Gasteiger partial charge on any atom is 0.150 e. The fourth-order valence-corrected chi connectivity index (χ4v) is 4.87. The van der Waals surface area contributed by atoms with E-state index in [1.165, 1.54) is 0 Å². The first-order valence-electron chi connectivity index (χ1n) is 5.90. The van der Waals surface area contributed by atoms with Gasteiger partial charge in [0.15, 0.2) is 11.6 Å². The van der Waals surface area contributed by atoms with Gasteiger partial charge in [-0.15, -0.1) is 11.3 Å². The van der Waals surface area contributed by atoms with Gasteiger partial charge < -0.3 is 0 Å². The highest BCUT2D eigenvalue weighted by Crippen LogP contribution is 2.46. The molecule has 0 saturated heterocycles. The molecule has 2 aliphatic carbocycles. The third kappa shape index (κ3) is 1.65. The number of aryl methyl sites for hydroxylation is 1. The fraction of sp³-hybridized carbons (Fsp3) is 0.538. The smallest absolute Gasteiger partial charge is 0.150 e. The van der Waals surface area contributed by atoms with Crippen LogP contribution >= 0.6 is 27.3 Å². The number of halogens is 1. The normalized spacial score (nSPS) is 32.2. The second-order valence-electron chi connectivity index (χ2n) is 5.00. The molecule has 0 aliphatic heterocycles. The van der Waals surface area contributed by atoms with Crippen LogP contribution in [0.5, 0.6) is 0 Å². The molecule has 0 spiro atoms. The average molecular weight is 313 g/mol. The van der Waals surface area contributed by atoms with Gasteiger partial charge in [-0.25, -0.2) is 0 Å². The van der Waals surface area contributed by atoms with Crippen LogP contribution < -0.4 is 0 Å². The van der Waals surface area contributed by atoms with Crippen molar-refractivity contribution >= 4 is 38.8 Å². The third-order valence-electron chi connectivity index (χ3n) is 4.07. The van der Waals surface area contributed by atoms with Crippen LogP contribution in [0, 0.1) is 18.8 Å². The standard InChI is InChI=1S/C13H13BrO2S/c1-6-10(9(14)5-17-6)11-12(15)7-2-3-8(4-7)13(11)16/h5,7-8,11H,2-4H2,1H3/t7-,8-/m1/s1. The molecule has 0 aromatic carbocycles. The fourth-order valence-electron chi connectivity index (χ4n) is 3.17. The van der Waals surface area contributed by atoms with Crippen LogP contribution in [-0.2, 0) is 9.59 Å². The summed E-state index contributed by atoms with van der Waals surface area (Å²) in [6, 6.07) is 0. The van der Waals surface area contributed by atoms with Crippen LogP contribution in [0.2, 0.25) is 0 Å². The summed E-state index contributed by atoms with van der Waals surface area (Å²) >= 11 is 5.07. The summed E-state index contributed by atoms with van der Waals surface area (Å²) < 4.78 is 0.924. The van der Waals surface area contributed by atoms with Gasteiger partial charge in [0.25, 0.3) is 0 Å². The van der Waals surface area contributed by atoms with Crippen molar-refractivity contribution in [2.45, 2.75) is 32.1 Å². The Morgan fingerprint density at radius 3 is 2.29 bits per heavy atom. The first-order valence-corrected chi connectivity index (χ1v) is 7.57. The van der Waals surface area contributed by atoms with E-state index in [1.807, 2.05) is 12.3 Å². The summed E-state index contributed by atoms with van der Waals surface area (Å²) in [5.74, 6) is 0.0987. The molecular weight excluding hydrogens is 300 g/mol. The zero-order valence-electron chi connectivity index (χ0n) is 9.53. The highest BCUT2D eigenvalue weighted by Gasteiger charge is 2.48. The van der Waals surface area contributed by atoms with Crippen molar-refractivity contribution < 1.29 is 9.59 Å². The topological polar surface area (TPSA) is 34.1 Å². The highest BCUT2D eigenvalue weighted by atomic mass is 79.9. The van der Waals surface area contributed by atoms with E-state index in [4.69, 9.17) is 0 Å². The first-order chi connectivity index (χ1) is 8.09. The Balaban J connectivity index is 2.08. The zero-order chi connectivity index (χ0) is 12.2. The Bertz CT molecular complexity index is 464. The molecule has 3 rings (SSSR count). The maximum absolute atomic E-state index is 12.4. The number of hydrogen-bond acceptors (Lipinski definition) is 3. The van der Waals surface area contributed by atoms with Gasteiger partial charge in [-0.1, -0.05) is 0 Å². The summed E-state index contributed by atoms with van der Waals surface area (Å²) in [5, 5.41) is 1.97. The molecule has 2 saturated carbocycles. The maximum atomic E-state index is 12.4. The van der Waals surface area contributed by atoms with Gasteiger partial charge in [0.1, 0.15) is 5.92 Å². The largest absolute Gasteiger partial charge is 0.298 e. The molecule has 1 heterocycles. The van der Waals surface area contributed by atoms with E-state index < -0.39 is 5.92 Å². The molecular formula is C13H13BrO2S. The average Bonchev–Trinajstić information content (AvgIpc) is 2.87. The van der Waals surface area contributed by atoms with Crippen molar-refractivity contribution in [1.29, 1.82) is 0 Å². The number of rotatable bonds is 1. The van der Waals surface area contributed by atoms with E-state index in [9.17, 15) is 9.59 Å². The number of hydrogen-bond donors (Lipinski definition) is 0. The molecule has 0 unspecified atom stereocenters. The van der Waals surface area contributed by atoms with Crippen molar-refractivity contribution in [3.63, 3.8) is 0 Å². The summed E-state index contributed by atoms with van der Waals surface area (Å²) in [4.78, 5) is 25.8. The third-order valence-corrected chi connectivity index (χ3v) is 5.96. The number of thiophene rings is 1. The van der Waals surface area contributed by atoms with Crippen LogP contribution in [0.15, 0.2) is 9.85 Å². The Morgan fingerprint density at radius 1 is 1.24 bits per heavy atom. The van der Waals surface area contributed by atoms with E-state index in [0.717, 1.165) is 34.2 Å². The summed E-state index contributed by atoms with van der Waals surface area (Å²) in [7, 11) is 0. The lowest BCUT2D eigenvalue weighted by Gasteiger charge is -2.25. The molecule has 0 N–H and O–H groups in total. The molecule has 4 heteroatoms. The van der Waals surface area contributed by atoms with Crippen molar-refractivity contribution in [1.82, 2.24) is 0 Å². The van der Waals surface area contributed by atoms with E-state index in [0.29, 0.717) is 0 Å². The molecule has 0 radical (unpaired) electrons. The molecule has 1 aromatic rings. The summed E-state index contributed by atoms with van der Waals surface area (Å²) in [5.41, 5.74) is 0.932. The quantitative estimate of drug-likeness (QED) is 0.744. The van der Waals surface area contributed by atoms with E-state index in [2.05, 4.69) is 15.9 Å². The van der Waals surface area contributed by atoms with E-state index in [-0.39, 0.29) is 23.4 Å². The minimum atomic E-state index is -0.484. The minimum Gasteiger partial charge on any atom is -0.298 e. The van der Waals surface area contributed by atoms with Gasteiger partial charge in [-0.3, -0.25) is 9.59 Å². The van der Waals surface area contributed by atoms with Gasteiger partial charge in [0, 0.05) is 26.6 Å². The molecule has 90 valence electrons. The van der Waals surface area contributed by atoms with Crippen LogP contribution in [0.3, 0.4) is 0 Å². The van der Waals surface area contributed by atoms with Gasteiger partial charge >= 0.3 is 0 Å². The molecule has 17 heavy (non-hydrogen) atoms. The molecule has 2 atom stereocenters. The van der Waals surface area contributed by atoms with Crippen LogP contribution in [0.25, 0.3) is 0 Å². The lowest BCUT2D eigenvalue weighted by atomic mass is 9.75. The molecule has 2 aliphatic rings. The zero-order valence-corrected chi connectivity index (χ0v) is 11.9. The number of ketones is 2. The lowest BCUT2D eigenvalue weighted by molar-refractivity contribution is -0.135. The van der Waals surface area contributed by atoms with Crippen LogP contribution in [0.1, 0.15) is 35.6 Å². The highest BCUT2D eigenvalue weighted by molar-refractivity contribution is 9.10. The predicted molar refractivity (Wildman–Crippen MR) is 70.3 cm³/mol. The van der Waals surface area contributed by atoms with E-state index >= 15 is 0 Å². The molecule has 2 bridgehead atoms. The van der Waals surface area contributed by atoms with Gasteiger partial charge in [-0.05, 0) is 47.7 Å². The number of Topliss-reactive ketones (excluding diaryl/α,β-unsaturated/α-hetero) is 2. The number of carbonyl (C=O) groups excluding carboxylic acids is 2. The number of carbonyl (C=O) groups is 2. The monoisotopic (exact) mass is 312 g/mol. The predicted octanol–water partition coefficient (Wildman–Crippen LogP) is 3.47. The molecule has 0 amide bonds. The Morgan fingerprint density at radius 2 is 1.82 bits per heavy atom. The SMILES string of the molecule is Cc1scc(Br)c1C1C(=O)[C@@H]2CC[C@H](C2)C1=O. The molecule has 2 nitrogen and oxygen atoms in total. The first kappa shape index (κ1) is 11.6. The Hall–Kier alpha value is -0.480. The molecule has 1 aromatic heterocycles. The van der Waals surface area contributed by atoms with Crippen molar-refractivity contribution in [2.75, 3.05) is 0 Å². The summed E-state index contributed by atoms with van der Waals surface area (Å²) in [6.07, 6.45) is 2.62. The van der Waals surface area contributed by atoms with Gasteiger partial charge in [0.2, 0.25) is 0 Å². The van der Waals surface area contributed by atoms with Crippen LogP contribution in [-0.4, -0.2) is 11.6 Å². The lowest BCUT2D eigenvalue weighted by Crippen LogP contribution is -2.35. The van der Waals surface area contributed by atoms with Crippen molar-refractivity contribution in [2.24, 2.45) is 11.8 Å². The van der Waals surface area contributed by atoms with Gasteiger partial charge in [-0.2, -0.15) is 0 Å².